The Hall–Kier alpha value is -4.43. The third-order valence-electron chi connectivity index (χ3n) is 5.59. The Bertz CT molecular complexity index is 1830. The average molecular weight is 487 g/mol. The molecule has 0 aliphatic rings. The van der Waals surface area contributed by atoms with Crippen molar-refractivity contribution < 1.29 is 13.2 Å². The number of nitrogens with zero attached hydrogens (tertiary/aromatic N) is 4. The Labute approximate surface area is 201 Å². The summed E-state index contributed by atoms with van der Waals surface area (Å²) in [4.78, 5) is 26.2. The molecule has 0 amide bonds. The number of oxazole rings is 1. The highest BCUT2D eigenvalue weighted by Crippen LogP contribution is 2.34. The number of rotatable bonds is 3. The molecule has 0 saturated heterocycles. The molecule has 0 unspecified atom stereocenters. The molecule has 6 nitrogen and oxygen atoms in total. The quantitative estimate of drug-likeness (QED) is 0.298. The van der Waals surface area contributed by atoms with Crippen LogP contribution in [0.1, 0.15) is 0 Å². The van der Waals surface area contributed by atoms with Gasteiger partial charge in [-0.1, -0.05) is 29.8 Å². The molecule has 170 valence electrons. The Morgan fingerprint density at radius 2 is 1.71 bits per heavy atom. The Morgan fingerprint density at radius 3 is 2.57 bits per heavy atom. The van der Waals surface area contributed by atoms with E-state index < -0.39 is 17.2 Å². The predicted molar refractivity (Wildman–Crippen MR) is 128 cm³/mol. The van der Waals surface area contributed by atoms with Gasteiger partial charge >= 0.3 is 0 Å². The summed E-state index contributed by atoms with van der Waals surface area (Å²) in [6.07, 6.45) is 4.51. The van der Waals surface area contributed by atoms with E-state index in [0.717, 1.165) is 0 Å². The second-order valence-corrected chi connectivity index (χ2v) is 8.18. The Balaban J connectivity index is 1.60. The summed E-state index contributed by atoms with van der Waals surface area (Å²) in [5.41, 5.74) is 0.818. The average Bonchev–Trinajstić information content (AvgIpc) is 3.31. The molecule has 4 aromatic heterocycles. The molecular formula is C26H13ClF2N4O2. The largest absolute Gasteiger partial charge is 0.434 e. The first-order valence-electron chi connectivity index (χ1n) is 10.5. The molecule has 2 aromatic carbocycles. The van der Waals surface area contributed by atoms with Crippen molar-refractivity contribution in [2.24, 2.45) is 0 Å². The van der Waals surface area contributed by atoms with Crippen LogP contribution in [0.15, 0.2) is 88.5 Å². The SMILES string of the molecule is O=c1c2ncccc2ccn1-c1nc(-c2cnc3c(F)cccc3c2)oc1-c1ccc(Cl)c(F)c1. The van der Waals surface area contributed by atoms with Crippen LogP contribution in [-0.4, -0.2) is 19.5 Å². The highest BCUT2D eigenvalue weighted by atomic mass is 35.5. The minimum absolute atomic E-state index is 0.0529. The van der Waals surface area contributed by atoms with E-state index in [4.69, 9.17) is 16.0 Å². The summed E-state index contributed by atoms with van der Waals surface area (Å²) in [5, 5.41) is 1.16. The van der Waals surface area contributed by atoms with Gasteiger partial charge in [0.15, 0.2) is 11.6 Å². The zero-order valence-corrected chi connectivity index (χ0v) is 18.5. The second-order valence-electron chi connectivity index (χ2n) is 7.77. The molecule has 0 N–H and O–H groups in total. The molecule has 6 rings (SSSR count). The second kappa shape index (κ2) is 8.11. The normalized spacial score (nSPS) is 11.4. The van der Waals surface area contributed by atoms with Gasteiger partial charge in [-0.2, -0.15) is 4.98 Å². The van der Waals surface area contributed by atoms with Crippen molar-refractivity contribution in [3.8, 4) is 28.6 Å². The van der Waals surface area contributed by atoms with E-state index in [-0.39, 0.29) is 33.5 Å². The Kier molecular flexibility index (Phi) is 4.89. The van der Waals surface area contributed by atoms with Gasteiger partial charge in [0, 0.05) is 34.9 Å². The first-order valence-corrected chi connectivity index (χ1v) is 10.8. The fraction of sp³-hybridized carbons (Fsp3) is 0. The molecular weight excluding hydrogens is 474 g/mol. The summed E-state index contributed by atoms with van der Waals surface area (Å²) in [5.74, 6) is -0.693. The van der Waals surface area contributed by atoms with Gasteiger partial charge in [0.05, 0.1) is 10.6 Å². The lowest BCUT2D eigenvalue weighted by Gasteiger charge is -2.06. The van der Waals surface area contributed by atoms with E-state index in [0.29, 0.717) is 21.9 Å². The topological polar surface area (TPSA) is 73.8 Å². The molecule has 0 saturated carbocycles. The van der Waals surface area contributed by atoms with Crippen molar-refractivity contribution in [3.63, 3.8) is 0 Å². The molecule has 0 spiro atoms. The van der Waals surface area contributed by atoms with Crippen LogP contribution in [0.25, 0.3) is 50.4 Å². The Morgan fingerprint density at radius 1 is 0.857 bits per heavy atom. The van der Waals surface area contributed by atoms with E-state index in [1.807, 2.05) is 0 Å². The first kappa shape index (κ1) is 21.1. The van der Waals surface area contributed by atoms with E-state index >= 15 is 0 Å². The lowest BCUT2D eigenvalue weighted by molar-refractivity contribution is 0.585. The summed E-state index contributed by atoms with van der Waals surface area (Å²) < 4.78 is 35.7. The van der Waals surface area contributed by atoms with Crippen molar-refractivity contribution in [2.45, 2.75) is 0 Å². The van der Waals surface area contributed by atoms with Gasteiger partial charge in [-0.3, -0.25) is 19.3 Å². The fourth-order valence-corrected chi connectivity index (χ4v) is 4.02. The third-order valence-corrected chi connectivity index (χ3v) is 5.90. The highest BCUT2D eigenvalue weighted by molar-refractivity contribution is 6.30. The number of hydrogen-bond acceptors (Lipinski definition) is 5. The van der Waals surface area contributed by atoms with Crippen LogP contribution in [0.3, 0.4) is 0 Å². The summed E-state index contributed by atoms with van der Waals surface area (Å²) >= 11 is 5.86. The molecule has 0 aliphatic heterocycles. The van der Waals surface area contributed by atoms with Crippen LogP contribution < -0.4 is 5.56 Å². The molecule has 0 fully saturated rings. The van der Waals surface area contributed by atoms with Crippen molar-refractivity contribution in [3.05, 3.63) is 106 Å². The summed E-state index contributed by atoms with van der Waals surface area (Å²) in [6, 6.07) is 15.7. The van der Waals surface area contributed by atoms with Gasteiger partial charge in [0.1, 0.15) is 22.7 Å². The van der Waals surface area contributed by atoms with Crippen LogP contribution in [0, 0.1) is 11.6 Å². The minimum Gasteiger partial charge on any atom is -0.434 e. The molecule has 6 aromatic rings. The highest BCUT2D eigenvalue weighted by Gasteiger charge is 2.21. The number of benzene rings is 2. The number of pyridine rings is 3. The van der Waals surface area contributed by atoms with Crippen LogP contribution in [0.2, 0.25) is 5.02 Å². The molecule has 0 radical (unpaired) electrons. The molecule has 0 atom stereocenters. The standard InChI is InChI=1S/C26H13ClF2N4O2/c27-18-7-6-16(12-20(18)29)23-24(33-10-8-14-4-2-9-30-22(14)26(33)34)32-25(35-23)17-11-15-3-1-5-19(28)21(15)31-13-17/h1-13H. The summed E-state index contributed by atoms with van der Waals surface area (Å²) in [7, 11) is 0. The van der Waals surface area contributed by atoms with Crippen LogP contribution in [0.5, 0.6) is 0 Å². The predicted octanol–water partition coefficient (Wildman–Crippen LogP) is 6.19. The van der Waals surface area contributed by atoms with E-state index in [1.54, 1.807) is 48.7 Å². The zero-order valence-electron chi connectivity index (χ0n) is 17.7. The van der Waals surface area contributed by atoms with Gasteiger partial charge in [-0.05, 0) is 42.5 Å². The van der Waals surface area contributed by atoms with E-state index in [2.05, 4.69) is 15.0 Å². The van der Waals surface area contributed by atoms with Gasteiger partial charge in [0.25, 0.3) is 5.56 Å². The van der Waals surface area contributed by atoms with Crippen molar-refractivity contribution in [1.29, 1.82) is 0 Å². The maximum Gasteiger partial charge on any atom is 0.282 e. The van der Waals surface area contributed by atoms with Crippen molar-refractivity contribution in [1.82, 2.24) is 19.5 Å². The number of para-hydroxylation sites is 1. The number of fused-ring (bicyclic) bond motifs is 2. The lowest BCUT2D eigenvalue weighted by Crippen LogP contribution is -2.19. The number of aromatic nitrogens is 4. The smallest absolute Gasteiger partial charge is 0.282 e. The van der Waals surface area contributed by atoms with Gasteiger partial charge in [-0.25, -0.2) is 8.78 Å². The molecule has 0 bridgehead atoms. The lowest BCUT2D eigenvalue weighted by atomic mass is 10.1. The van der Waals surface area contributed by atoms with Crippen LogP contribution in [0.4, 0.5) is 8.78 Å². The molecule has 35 heavy (non-hydrogen) atoms. The zero-order chi connectivity index (χ0) is 24.1. The number of hydrogen-bond donors (Lipinski definition) is 0. The van der Waals surface area contributed by atoms with E-state index in [1.165, 1.54) is 35.2 Å². The first-order chi connectivity index (χ1) is 17.0. The van der Waals surface area contributed by atoms with Crippen LogP contribution in [-0.2, 0) is 0 Å². The van der Waals surface area contributed by atoms with Crippen LogP contribution >= 0.6 is 11.6 Å². The maximum absolute atomic E-state index is 14.3. The molecule has 9 heteroatoms. The molecule has 0 aliphatic carbocycles. The minimum atomic E-state index is -0.650. The van der Waals surface area contributed by atoms with Gasteiger partial charge in [0.2, 0.25) is 5.89 Å². The van der Waals surface area contributed by atoms with Crippen molar-refractivity contribution in [2.75, 3.05) is 0 Å². The maximum atomic E-state index is 14.3. The van der Waals surface area contributed by atoms with E-state index in [9.17, 15) is 13.6 Å². The van der Waals surface area contributed by atoms with Crippen molar-refractivity contribution >= 4 is 33.4 Å². The third kappa shape index (κ3) is 3.55. The van der Waals surface area contributed by atoms with Gasteiger partial charge in [-0.15, -0.1) is 0 Å². The molecule has 4 heterocycles. The number of halogens is 3. The fourth-order valence-electron chi connectivity index (χ4n) is 3.90. The monoisotopic (exact) mass is 486 g/mol. The van der Waals surface area contributed by atoms with Gasteiger partial charge < -0.3 is 4.42 Å². The summed E-state index contributed by atoms with van der Waals surface area (Å²) in [6.45, 7) is 0.